The molecule has 1 aromatic heterocycles. The van der Waals surface area contributed by atoms with Gasteiger partial charge in [0.2, 0.25) is 5.91 Å². The number of nitrogens with two attached hydrogens (primary N) is 1. The molecule has 0 spiro atoms. The van der Waals surface area contributed by atoms with E-state index in [1.165, 1.54) is 4.88 Å². The van der Waals surface area contributed by atoms with E-state index in [0.717, 1.165) is 13.0 Å². The van der Waals surface area contributed by atoms with E-state index in [2.05, 4.69) is 42.4 Å². The van der Waals surface area contributed by atoms with Crippen molar-refractivity contribution in [3.05, 3.63) is 22.4 Å². The van der Waals surface area contributed by atoms with Gasteiger partial charge in [-0.3, -0.25) is 9.69 Å². The maximum Gasteiger partial charge on any atom is 0.234 e. The minimum atomic E-state index is 0.0385. The third-order valence-corrected chi connectivity index (χ3v) is 4.23. The Kier molecular flexibility index (Phi) is 7.19. The highest BCUT2D eigenvalue weighted by molar-refractivity contribution is 7.10. The number of hydrogen-bond donors (Lipinski definition) is 2. The van der Waals surface area contributed by atoms with Gasteiger partial charge >= 0.3 is 0 Å². The zero-order chi connectivity index (χ0) is 15.1. The normalized spacial score (nSPS) is 14.6. The number of thiophene rings is 1. The SMILES string of the molecule is CCC(N)C(c1cccs1)N(C)CC(=O)NCC(C)C. The molecule has 0 radical (unpaired) electrons. The molecular formula is C15H27N3OS. The highest BCUT2D eigenvalue weighted by Gasteiger charge is 2.25. The molecule has 2 unspecified atom stereocenters. The summed E-state index contributed by atoms with van der Waals surface area (Å²) in [6.45, 7) is 7.36. The molecule has 3 N–H and O–H groups in total. The first-order valence-electron chi connectivity index (χ1n) is 7.21. The lowest BCUT2D eigenvalue weighted by molar-refractivity contribution is -0.122. The van der Waals surface area contributed by atoms with E-state index >= 15 is 0 Å². The summed E-state index contributed by atoms with van der Waals surface area (Å²) in [5.41, 5.74) is 6.24. The van der Waals surface area contributed by atoms with Crippen molar-refractivity contribution in [1.82, 2.24) is 10.2 Å². The summed E-state index contributed by atoms with van der Waals surface area (Å²) in [4.78, 5) is 15.2. The topological polar surface area (TPSA) is 58.4 Å². The predicted molar refractivity (Wildman–Crippen MR) is 85.8 cm³/mol. The molecule has 0 saturated heterocycles. The molecule has 0 bridgehead atoms. The van der Waals surface area contributed by atoms with Gasteiger partial charge in [-0.05, 0) is 30.8 Å². The lowest BCUT2D eigenvalue weighted by Gasteiger charge is -2.31. The molecule has 0 aliphatic carbocycles. The quantitative estimate of drug-likeness (QED) is 0.773. The molecule has 0 fully saturated rings. The van der Waals surface area contributed by atoms with Crippen molar-refractivity contribution in [2.24, 2.45) is 11.7 Å². The number of amides is 1. The molecule has 0 aromatic carbocycles. The van der Waals surface area contributed by atoms with Gasteiger partial charge in [-0.25, -0.2) is 0 Å². The fourth-order valence-electron chi connectivity index (χ4n) is 2.14. The number of carbonyl (C=O) groups is 1. The van der Waals surface area contributed by atoms with E-state index in [1.54, 1.807) is 11.3 Å². The summed E-state index contributed by atoms with van der Waals surface area (Å²) in [6, 6.07) is 4.26. The third-order valence-electron chi connectivity index (χ3n) is 3.29. The largest absolute Gasteiger partial charge is 0.355 e. The van der Waals surface area contributed by atoms with Crippen LogP contribution in [0.1, 0.15) is 38.1 Å². The standard InChI is InChI=1S/C15H27N3OS/c1-5-12(16)15(13-7-6-8-20-13)18(4)10-14(19)17-9-11(2)3/h6-8,11-12,15H,5,9-10,16H2,1-4H3,(H,17,19). The molecule has 0 saturated carbocycles. The van der Waals surface area contributed by atoms with Crippen LogP contribution in [0.3, 0.4) is 0 Å². The summed E-state index contributed by atoms with van der Waals surface area (Å²) in [5.74, 6) is 0.529. The van der Waals surface area contributed by atoms with E-state index in [-0.39, 0.29) is 18.0 Å². The molecule has 1 aromatic rings. The van der Waals surface area contributed by atoms with E-state index in [1.807, 2.05) is 13.1 Å². The van der Waals surface area contributed by atoms with E-state index in [4.69, 9.17) is 5.73 Å². The van der Waals surface area contributed by atoms with E-state index in [0.29, 0.717) is 12.5 Å². The van der Waals surface area contributed by atoms with Crippen LogP contribution in [-0.4, -0.2) is 37.0 Å². The summed E-state index contributed by atoms with van der Waals surface area (Å²) < 4.78 is 0. The first-order chi connectivity index (χ1) is 9.45. The number of hydrogen-bond acceptors (Lipinski definition) is 4. The predicted octanol–water partition coefficient (Wildman–Crippen LogP) is 2.23. The Morgan fingerprint density at radius 3 is 2.70 bits per heavy atom. The zero-order valence-electron chi connectivity index (χ0n) is 12.9. The molecule has 114 valence electrons. The zero-order valence-corrected chi connectivity index (χ0v) is 13.7. The van der Waals surface area contributed by atoms with Gasteiger partial charge in [0.1, 0.15) is 0 Å². The maximum atomic E-state index is 12.0. The van der Waals surface area contributed by atoms with Crippen LogP contribution >= 0.6 is 11.3 Å². The summed E-state index contributed by atoms with van der Waals surface area (Å²) in [5, 5.41) is 5.01. The van der Waals surface area contributed by atoms with Gasteiger partial charge in [-0.1, -0.05) is 26.8 Å². The molecule has 20 heavy (non-hydrogen) atoms. The third kappa shape index (κ3) is 5.23. The lowest BCUT2D eigenvalue weighted by atomic mass is 10.0. The van der Waals surface area contributed by atoms with Crippen LogP contribution in [0.5, 0.6) is 0 Å². The van der Waals surface area contributed by atoms with Gasteiger partial charge < -0.3 is 11.1 Å². The Morgan fingerprint density at radius 1 is 1.50 bits per heavy atom. The number of carbonyl (C=O) groups excluding carboxylic acids is 1. The Balaban J connectivity index is 2.65. The lowest BCUT2D eigenvalue weighted by Crippen LogP contribution is -2.43. The van der Waals surface area contributed by atoms with Gasteiger partial charge in [0, 0.05) is 17.5 Å². The second-order valence-corrected chi connectivity index (χ2v) is 6.62. The smallest absolute Gasteiger partial charge is 0.234 e. The Hall–Kier alpha value is -0.910. The maximum absolute atomic E-state index is 12.0. The average Bonchev–Trinajstić information content (AvgIpc) is 2.90. The minimum Gasteiger partial charge on any atom is -0.355 e. The monoisotopic (exact) mass is 297 g/mol. The number of nitrogens with one attached hydrogen (secondary N) is 1. The number of likely N-dealkylation sites (N-methyl/N-ethyl adjacent to an activating group) is 1. The van der Waals surface area contributed by atoms with Crippen LogP contribution < -0.4 is 11.1 Å². The first kappa shape index (κ1) is 17.1. The molecule has 1 amide bonds. The van der Waals surface area contributed by atoms with Crippen LogP contribution in [-0.2, 0) is 4.79 Å². The molecule has 4 nitrogen and oxygen atoms in total. The molecular weight excluding hydrogens is 270 g/mol. The summed E-state index contributed by atoms with van der Waals surface area (Å²) in [7, 11) is 1.97. The molecule has 5 heteroatoms. The Morgan fingerprint density at radius 2 is 2.20 bits per heavy atom. The molecule has 2 atom stereocenters. The molecule has 0 aliphatic heterocycles. The van der Waals surface area contributed by atoms with Crippen molar-refractivity contribution in [2.45, 2.75) is 39.3 Å². The van der Waals surface area contributed by atoms with Crippen molar-refractivity contribution >= 4 is 17.2 Å². The van der Waals surface area contributed by atoms with Gasteiger partial charge in [-0.15, -0.1) is 11.3 Å². The highest BCUT2D eigenvalue weighted by atomic mass is 32.1. The van der Waals surface area contributed by atoms with Gasteiger partial charge in [0.15, 0.2) is 0 Å². The van der Waals surface area contributed by atoms with Crippen LogP contribution in [0.2, 0.25) is 0 Å². The fourth-order valence-corrected chi connectivity index (χ4v) is 3.10. The fraction of sp³-hybridized carbons (Fsp3) is 0.667. The van der Waals surface area contributed by atoms with Crippen LogP contribution in [0.25, 0.3) is 0 Å². The van der Waals surface area contributed by atoms with Crippen molar-refractivity contribution in [2.75, 3.05) is 20.1 Å². The summed E-state index contributed by atoms with van der Waals surface area (Å²) in [6.07, 6.45) is 0.889. The summed E-state index contributed by atoms with van der Waals surface area (Å²) >= 11 is 1.70. The van der Waals surface area contributed by atoms with Gasteiger partial charge in [-0.2, -0.15) is 0 Å². The van der Waals surface area contributed by atoms with Crippen molar-refractivity contribution < 1.29 is 4.79 Å². The second-order valence-electron chi connectivity index (χ2n) is 5.65. The van der Waals surface area contributed by atoms with Crippen LogP contribution in [0.4, 0.5) is 0 Å². The van der Waals surface area contributed by atoms with Crippen molar-refractivity contribution in [1.29, 1.82) is 0 Å². The molecule has 1 heterocycles. The number of nitrogens with zero attached hydrogens (tertiary/aromatic N) is 1. The van der Waals surface area contributed by atoms with Crippen LogP contribution in [0, 0.1) is 5.92 Å². The van der Waals surface area contributed by atoms with Gasteiger partial charge in [0.25, 0.3) is 0 Å². The Bertz CT molecular complexity index is 392. The molecule has 1 rings (SSSR count). The van der Waals surface area contributed by atoms with Crippen molar-refractivity contribution in [3.63, 3.8) is 0 Å². The van der Waals surface area contributed by atoms with E-state index in [9.17, 15) is 4.79 Å². The van der Waals surface area contributed by atoms with Crippen molar-refractivity contribution in [3.8, 4) is 0 Å². The second kappa shape index (κ2) is 8.39. The van der Waals surface area contributed by atoms with Gasteiger partial charge in [0.05, 0.1) is 12.6 Å². The highest BCUT2D eigenvalue weighted by Crippen LogP contribution is 2.27. The Labute approximate surface area is 126 Å². The average molecular weight is 297 g/mol. The van der Waals surface area contributed by atoms with E-state index < -0.39 is 0 Å². The number of rotatable bonds is 8. The molecule has 0 aliphatic rings. The first-order valence-corrected chi connectivity index (χ1v) is 8.09. The van der Waals surface area contributed by atoms with Crippen LogP contribution in [0.15, 0.2) is 17.5 Å². The minimum absolute atomic E-state index is 0.0385.